The molecule has 2 heterocycles. The van der Waals surface area contributed by atoms with Gasteiger partial charge in [0.1, 0.15) is 0 Å². The van der Waals surface area contributed by atoms with E-state index < -0.39 is 5.91 Å². The minimum absolute atomic E-state index is 0.418. The first-order valence-corrected chi connectivity index (χ1v) is 10.6. The summed E-state index contributed by atoms with van der Waals surface area (Å²) in [5.41, 5.74) is 9.15. The Balaban J connectivity index is 1.65. The Morgan fingerprint density at radius 2 is 1.82 bits per heavy atom. The number of nitrogens with two attached hydrogens (primary N) is 1. The van der Waals surface area contributed by atoms with Crippen molar-refractivity contribution in [1.82, 2.24) is 14.8 Å². The predicted molar refractivity (Wildman–Crippen MR) is 114 cm³/mol. The van der Waals surface area contributed by atoms with Crippen LogP contribution in [0.5, 0.6) is 0 Å². The fourth-order valence-electron chi connectivity index (χ4n) is 2.77. The van der Waals surface area contributed by atoms with Gasteiger partial charge in [-0.3, -0.25) is 9.36 Å². The second-order valence-electron chi connectivity index (χ2n) is 6.30. The third-order valence-electron chi connectivity index (χ3n) is 4.27. The highest BCUT2D eigenvalue weighted by Gasteiger charge is 2.17. The quantitative estimate of drug-likeness (QED) is 0.471. The summed E-state index contributed by atoms with van der Waals surface area (Å²) in [5.74, 6) is 1.14. The van der Waals surface area contributed by atoms with Crippen LogP contribution in [0, 0.1) is 6.92 Å². The summed E-state index contributed by atoms with van der Waals surface area (Å²) in [6, 6.07) is 19.7. The molecule has 0 bridgehead atoms. The lowest BCUT2D eigenvalue weighted by molar-refractivity contribution is 0.100. The van der Waals surface area contributed by atoms with Crippen LogP contribution in [0.1, 0.15) is 21.5 Å². The molecule has 0 aliphatic carbocycles. The van der Waals surface area contributed by atoms with Crippen LogP contribution in [-0.4, -0.2) is 20.7 Å². The zero-order chi connectivity index (χ0) is 19.5. The van der Waals surface area contributed by atoms with Crippen molar-refractivity contribution in [3.05, 3.63) is 82.7 Å². The van der Waals surface area contributed by atoms with Crippen molar-refractivity contribution in [3.63, 3.8) is 0 Å². The van der Waals surface area contributed by atoms with Gasteiger partial charge in [-0.25, -0.2) is 0 Å². The van der Waals surface area contributed by atoms with Gasteiger partial charge >= 0.3 is 0 Å². The molecular formula is C21H18N4OS2. The number of thiophene rings is 1. The number of carbonyl (C=O) groups is 1. The minimum atomic E-state index is -0.418. The van der Waals surface area contributed by atoms with Gasteiger partial charge < -0.3 is 5.73 Å². The van der Waals surface area contributed by atoms with Gasteiger partial charge in [0.25, 0.3) is 0 Å². The summed E-state index contributed by atoms with van der Waals surface area (Å²) in [6.07, 6.45) is 0. The van der Waals surface area contributed by atoms with Crippen LogP contribution < -0.4 is 5.73 Å². The molecule has 7 heteroatoms. The zero-order valence-corrected chi connectivity index (χ0v) is 16.8. The van der Waals surface area contributed by atoms with Crippen LogP contribution in [0.4, 0.5) is 0 Å². The molecule has 5 nitrogen and oxygen atoms in total. The minimum Gasteiger partial charge on any atom is -0.366 e. The molecule has 28 heavy (non-hydrogen) atoms. The summed E-state index contributed by atoms with van der Waals surface area (Å²) in [4.78, 5) is 12.3. The van der Waals surface area contributed by atoms with E-state index in [1.807, 2.05) is 23.6 Å². The first kappa shape index (κ1) is 18.5. The topological polar surface area (TPSA) is 73.8 Å². The lowest BCUT2D eigenvalue weighted by atomic mass is 10.1. The van der Waals surface area contributed by atoms with Crippen LogP contribution >= 0.6 is 23.1 Å². The van der Waals surface area contributed by atoms with Crippen molar-refractivity contribution >= 4 is 29.0 Å². The van der Waals surface area contributed by atoms with Gasteiger partial charge in [0, 0.05) is 17.0 Å². The molecule has 2 aromatic carbocycles. The number of hydrogen-bond donors (Lipinski definition) is 1. The highest BCUT2D eigenvalue weighted by Crippen LogP contribution is 2.31. The Labute approximate surface area is 171 Å². The standard InChI is InChI=1S/C21H18N4OS2/c1-14-4-10-17(11-5-14)25-20(18-3-2-12-27-18)23-24-21(25)28-13-15-6-8-16(9-7-15)19(22)26/h2-12H,13H2,1H3,(H2,22,26). The molecule has 0 spiro atoms. The normalized spacial score (nSPS) is 10.9. The molecule has 2 aromatic heterocycles. The number of rotatable bonds is 6. The number of carbonyl (C=O) groups excluding carboxylic acids is 1. The van der Waals surface area contributed by atoms with E-state index in [9.17, 15) is 4.79 Å². The highest BCUT2D eigenvalue weighted by atomic mass is 32.2. The second kappa shape index (κ2) is 8.00. The van der Waals surface area contributed by atoms with Gasteiger partial charge in [-0.05, 0) is 48.2 Å². The van der Waals surface area contributed by atoms with Gasteiger partial charge in [-0.2, -0.15) is 0 Å². The molecule has 0 aliphatic heterocycles. The van der Waals surface area contributed by atoms with Crippen molar-refractivity contribution in [3.8, 4) is 16.4 Å². The SMILES string of the molecule is Cc1ccc(-n2c(SCc3ccc(C(N)=O)cc3)nnc2-c2cccs2)cc1. The first-order chi connectivity index (χ1) is 13.6. The highest BCUT2D eigenvalue weighted by molar-refractivity contribution is 7.98. The van der Waals surface area contributed by atoms with Crippen molar-refractivity contribution < 1.29 is 4.79 Å². The van der Waals surface area contributed by atoms with E-state index in [1.54, 1.807) is 35.2 Å². The van der Waals surface area contributed by atoms with Gasteiger partial charge in [-0.1, -0.05) is 47.7 Å². The Morgan fingerprint density at radius 3 is 2.46 bits per heavy atom. The fraction of sp³-hybridized carbons (Fsp3) is 0.0952. The van der Waals surface area contributed by atoms with E-state index in [0.717, 1.165) is 27.1 Å². The smallest absolute Gasteiger partial charge is 0.248 e. The molecule has 140 valence electrons. The van der Waals surface area contributed by atoms with Crippen molar-refractivity contribution in [2.24, 2.45) is 5.73 Å². The van der Waals surface area contributed by atoms with E-state index in [4.69, 9.17) is 5.73 Å². The number of hydrogen-bond acceptors (Lipinski definition) is 5. The van der Waals surface area contributed by atoms with E-state index in [-0.39, 0.29) is 0 Å². The fourth-order valence-corrected chi connectivity index (χ4v) is 4.37. The summed E-state index contributed by atoms with van der Waals surface area (Å²) < 4.78 is 2.09. The largest absolute Gasteiger partial charge is 0.366 e. The van der Waals surface area contributed by atoms with Crippen molar-refractivity contribution in [1.29, 1.82) is 0 Å². The molecule has 0 radical (unpaired) electrons. The number of nitrogens with zero attached hydrogens (tertiary/aromatic N) is 3. The van der Waals surface area contributed by atoms with E-state index >= 15 is 0 Å². The third kappa shape index (κ3) is 3.85. The number of amides is 1. The van der Waals surface area contributed by atoms with E-state index in [2.05, 4.69) is 52.0 Å². The zero-order valence-electron chi connectivity index (χ0n) is 15.2. The van der Waals surface area contributed by atoms with Crippen LogP contribution in [0.25, 0.3) is 16.4 Å². The molecule has 4 aromatic rings. The monoisotopic (exact) mass is 406 g/mol. The first-order valence-electron chi connectivity index (χ1n) is 8.70. The van der Waals surface area contributed by atoms with Gasteiger partial charge in [0.15, 0.2) is 11.0 Å². The van der Waals surface area contributed by atoms with Crippen LogP contribution in [0.15, 0.2) is 71.2 Å². The molecule has 0 unspecified atom stereocenters. The van der Waals surface area contributed by atoms with Crippen LogP contribution in [0.3, 0.4) is 0 Å². The summed E-state index contributed by atoms with van der Waals surface area (Å²) in [5, 5.41) is 11.8. The van der Waals surface area contributed by atoms with Gasteiger partial charge in [0.2, 0.25) is 5.91 Å². The van der Waals surface area contributed by atoms with Gasteiger partial charge in [-0.15, -0.1) is 21.5 Å². The Bertz CT molecular complexity index is 1080. The number of aromatic nitrogens is 3. The number of primary amides is 1. The molecule has 2 N–H and O–H groups in total. The average Bonchev–Trinajstić information content (AvgIpc) is 3.37. The molecule has 0 aliphatic rings. The Morgan fingerprint density at radius 1 is 1.07 bits per heavy atom. The summed E-state index contributed by atoms with van der Waals surface area (Å²) >= 11 is 3.25. The molecule has 0 fully saturated rings. The molecule has 1 amide bonds. The number of thioether (sulfide) groups is 1. The molecule has 0 atom stereocenters. The summed E-state index contributed by atoms with van der Waals surface area (Å²) in [7, 11) is 0. The molecule has 4 rings (SSSR count). The third-order valence-corrected chi connectivity index (χ3v) is 6.14. The van der Waals surface area contributed by atoms with Crippen molar-refractivity contribution in [2.45, 2.75) is 17.8 Å². The van der Waals surface area contributed by atoms with E-state index in [0.29, 0.717) is 11.3 Å². The Hall–Kier alpha value is -2.90. The number of benzene rings is 2. The molecule has 0 saturated carbocycles. The molecular weight excluding hydrogens is 388 g/mol. The van der Waals surface area contributed by atoms with Crippen molar-refractivity contribution in [2.75, 3.05) is 0 Å². The second-order valence-corrected chi connectivity index (χ2v) is 8.19. The maximum atomic E-state index is 11.2. The van der Waals surface area contributed by atoms with Gasteiger partial charge in [0.05, 0.1) is 4.88 Å². The average molecular weight is 407 g/mol. The molecule has 0 saturated heterocycles. The lowest BCUT2D eigenvalue weighted by Gasteiger charge is -2.10. The summed E-state index contributed by atoms with van der Waals surface area (Å²) in [6.45, 7) is 2.07. The predicted octanol–water partition coefficient (Wildman–Crippen LogP) is 4.70. The maximum Gasteiger partial charge on any atom is 0.248 e. The number of aryl methyl sites for hydroxylation is 1. The van der Waals surface area contributed by atoms with Crippen LogP contribution in [0.2, 0.25) is 0 Å². The lowest BCUT2D eigenvalue weighted by Crippen LogP contribution is -2.10. The van der Waals surface area contributed by atoms with Crippen LogP contribution in [-0.2, 0) is 5.75 Å². The van der Waals surface area contributed by atoms with E-state index in [1.165, 1.54) is 5.56 Å². The Kier molecular flexibility index (Phi) is 5.27. The maximum absolute atomic E-state index is 11.2.